The van der Waals surface area contributed by atoms with Crippen molar-refractivity contribution >= 4 is 0 Å². The van der Waals surface area contributed by atoms with Crippen LogP contribution in [0.15, 0.2) is 24.0 Å². The standard InChI is InChI=1S/C10H14N2O/c1-8-3-4-13-10(5-8)9-6-11-12(2)7-9/h5-7,10H,3-4H2,1-2H3. The van der Waals surface area contributed by atoms with Crippen molar-refractivity contribution < 1.29 is 4.74 Å². The first-order chi connectivity index (χ1) is 6.25. The summed E-state index contributed by atoms with van der Waals surface area (Å²) in [6.45, 7) is 2.97. The van der Waals surface area contributed by atoms with Crippen molar-refractivity contribution in [2.75, 3.05) is 6.61 Å². The zero-order valence-corrected chi connectivity index (χ0v) is 8.03. The quantitative estimate of drug-likeness (QED) is 0.613. The van der Waals surface area contributed by atoms with Crippen LogP contribution < -0.4 is 0 Å². The van der Waals surface area contributed by atoms with E-state index in [9.17, 15) is 0 Å². The van der Waals surface area contributed by atoms with E-state index in [2.05, 4.69) is 18.1 Å². The van der Waals surface area contributed by atoms with E-state index >= 15 is 0 Å². The van der Waals surface area contributed by atoms with Crippen molar-refractivity contribution in [3.05, 3.63) is 29.6 Å². The topological polar surface area (TPSA) is 27.1 Å². The highest BCUT2D eigenvalue weighted by Gasteiger charge is 2.14. The molecular weight excluding hydrogens is 164 g/mol. The van der Waals surface area contributed by atoms with E-state index in [0.717, 1.165) is 18.6 Å². The first kappa shape index (κ1) is 8.51. The summed E-state index contributed by atoms with van der Waals surface area (Å²) in [5.74, 6) is 0. The first-order valence-corrected chi connectivity index (χ1v) is 4.53. The van der Waals surface area contributed by atoms with Crippen LogP contribution in [0.5, 0.6) is 0 Å². The van der Waals surface area contributed by atoms with Crippen LogP contribution in [0.25, 0.3) is 0 Å². The van der Waals surface area contributed by atoms with E-state index in [0.29, 0.717) is 0 Å². The zero-order chi connectivity index (χ0) is 9.26. The van der Waals surface area contributed by atoms with Crippen molar-refractivity contribution in [3.63, 3.8) is 0 Å². The SMILES string of the molecule is CC1=CC(c2cnn(C)c2)OCC1. The van der Waals surface area contributed by atoms with Crippen LogP contribution >= 0.6 is 0 Å². The molecule has 3 heteroatoms. The molecule has 0 aliphatic carbocycles. The summed E-state index contributed by atoms with van der Waals surface area (Å²) < 4.78 is 7.42. The molecule has 0 amide bonds. The van der Waals surface area contributed by atoms with Gasteiger partial charge in [-0.05, 0) is 13.3 Å². The summed E-state index contributed by atoms with van der Waals surface area (Å²) in [4.78, 5) is 0. The lowest BCUT2D eigenvalue weighted by molar-refractivity contribution is 0.0768. The van der Waals surface area contributed by atoms with Gasteiger partial charge in [-0.25, -0.2) is 0 Å². The van der Waals surface area contributed by atoms with Gasteiger partial charge in [-0.1, -0.05) is 11.6 Å². The first-order valence-electron chi connectivity index (χ1n) is 4.53. The maximum absolute atomic E-state index is 5.62. The number of hydrogen-bond donors (Lipinski definition) is 0. The maximum atomic E-state index is 5.62. The predicted molar refractivity (Wildman–Crippen MR) is 50.3 cm³/mol. The molecule has 0 saturated heterocycles. The number of ether oxygens (including phenoxy) is 1. The average Bonchev–Trinajstić information content (AvgIpc) is 2.52. The smallest absolute Gasteiger partial charge is 0.104 e. The molecule has 1 unspecified atom stereocenters. The van der Waals surface area contributed by atoms with Gasteiger partial charge in [0.25, 0.3) is 0 Å². The molecule has 0 spiro atoms. The number of aromatic nitrogens is 2. The number of hydrogen-bond acceptors (Lipinski definition) is 2. The molecule has 1 aliphatic heterocycles. The Bertz CT molecular complexity index is 327. The molecule has 13 heavy (non-hydrogen) atoms. The monoisotopic (exact) mass is 178 g/mol. The number of rotatable bonds is 1. The second-order valence-corrected chi connectivity index (χ2v) is 3.50. The summed E-state index contributed by atoms with van der Waals surface area (Å²) in [5.41, 5.74) is 2.54. The minimum atomic E-state index is 0.113. The van der Waals surface area contributed by atoms with Gasteiger partial charge in [-0.3, -0.25) is 4.68 Å². The van der Waals surface area contributed by atoms with Crippen LogP contribution in [0.2, 0.25) is 0 Å². The lowest BCUT2D eigenvalue weighted by Crippen LogP contribution is -2.08. The fourth-order valence-corrected chi connectivity index (χ4v) is 1.52. The van der Waals surface area contributed by atoms with Crippen molar-refractivity contribution in [1.82, 2.24) is 9.78 Å². The van der Waals surface area contributed by atoms with E-state index in [1.807, 2.05) is 19.4 Å². The lowest BCUT2D eigenvalue weighted by atomic mass is 10.1. The zero-order valence-electron chi connectivity index (χ0n) is 8.03. The number of aryl methyl sites for hydroxylation is 1. The van der Waals surface area contributed by atoms with Crippen molar-refractivity contribution in [1.29, 1.82) is 0 Å². The summed E-state index contributed by atoms with van der Waals surface area (Å²) in [6.07, 6.45) is 7.19. The summed E-state index contributed by atoms with van der Waals surface area (Å²) in [7, 11) is 1.92. The third-order valence-electron chi connectivity index (χ3n) is 2.28. The van der Waals surface area contributed by atoms with Crippen LogP contribution in [0, 0.1) is 0 Å². The van der Waals surface area contributed by atoms with Gasteiger partial charge in [-0.15, -0.1) is 0 Å². The van der Waals surface area contributed by atoms with Gasteiger partial charge in [0.05, 0.1) is 12.8 Å². The second-order valence-electron chi connectivity index (χ2n) is 3.50. The Morgan fingerprint density at radius 2 is 2.46 bits per heavy atom. The normalized spacial score (nSPS) is 22.9. The molecule has 0 N–H and O–H groups in total. The Balaban J connectivity index is 2.21. The van der Waals surface area contributed by atoms with E-state index < -0.39 is 0 Å². The number of nitrogens with zero attached hydrogens (tertiary/aromatic N) is 2. The summed E-state index contributed by atoms with van der Waals surface area (Å²) in [6, 6.07) is 0. The Morgan fingerprint density at radius 3 is 3.08 bits per heavy atom. The Labute approximate surface area is 78.0 Å². The Kier molecular flexibility index (Phi) is 2.19. The van der Waals surface area contributed by atoms with Gasteiger partial charge < -0.3 is 4.74 Å². The van der Waals surface area contributed by atoms with Crippen LogP contribution in [-0.2, 0) is 11.8 Å². The molecule has 0 radical (unpaired) electrons. The third kappa shape index (κ3) is 1.80. The van der Waals surface area contributed by atoms with Crippen LogP contribution in [0.3, 0.4) is 0 Å². The second kappa shape index (κ2) is 3.34. The van der Waals surface area contributed by atoms with E-state index in [4.69, 9.17) is 4.74 Å². The van der Waals surface area contributed by atoms with Crippen LogP contribution in [0.1, 0.15) is 25.0 Å². The molecule has 1 aliphatic rings. The van der Waals surface area contributed by atoms with Crippen molar-refractivity contribution in [2.45, 2.75) is 19.4 Å². The molecule has 1 atom stereocenters. The van der Waals surface area contributed by atoms with Gasteiger partial charge in [0.2, 0.25) is 0 Å². The Hall–Kier alpha value is -1.09. The predicted octanol–water partition coefficient (Wildman–Crippen LogP) is 1.83. The van der Waals surface area contributed by atoms with Gasteiger partial charge in [0.1, 0.15) is 6.10 Å². The van der Waals surface area contributed by atoms with Crippen molar-refractivity contribution in [3.8, 4) is 0 Å². The maximum Gasteiger partial charge on any atom is 0.104 e. The minimum Gasteiger partial charge on any atom is -0.369 e. The lowest BCUT2D eigenvalue weighted by Gasteiger charge is -2.18. The Morgan fingerprint density at radius 1 is 1.62 bits per heavy atom. The molecule has 0 aromatic carbocycles. The van der Waals surface area contributed by atoms with Gasteiger partial charge >= 0.3 is 0 Å². The minimum absolute atomic E-state index is 0.113. The highest BCUT2D eigenvalue weighted by atomic mass is 16.5. The molecule has 2 rings (SSSR count). The third-order valence-corrected chi connectivity index (χ3v) is 2.28. The highest BCUT2D eigenvalue weighted by Crippen LogP contribution is 2.24. The molecule has 3 nitrogen and oxygen atoms in total. The highest BCUT2D eigenvalue weighted by molar-refractivity contribution is 5.18. The van der Waals surface area contributed by atoms with Gasteiger partial charge in [0, 0.05) is 18.8 Å². The van der Waals surface area contributed by atoms with E-state index in [1.165, 1.54) is 5.57 Å². The average molecular weight is 178 g/mol. The van der Waals surface area contributed by atoms with Gasteiger partial charge in [0.15, 0.2) is 0 Å². The molecular formula is C10H14N2O. The van der Waals surface area contributed by atoms with Crippen LogP contribution in [-0.4, -0.2) is 16.4 Å². The summed E-state index contributed by atoms with van der Waals surface area (Å²) in [5, 5.41) is 4.12. The molecule has 0 fully saturated rings. The fourth-order valence-electron chi connectivity index (χ4n) is 1.52. The van der Waals surface area contributed by atoms with Crippen LogP contribution in [0.4, 0.5) is 0 Å². The summed E-state index contributed by atoms with van der Waals surface area (Å²) >= 11 is 0. The van der Waals surface area contributed by atoms with Crippen molar-refractivity contribution in [2.24, 2.45) is 7.05 Å². The van der Waals surface area contributed by atoms with E-state index in [1.54, 1.807) is 4.68 Å². The molecule has 2 heterocycles. The van der Waals surface area contributed by atoms with E-state index in [-0.39, 0.29) is 6.10 Å². The fraction of sp³-hybridized carbons (Fsp3) is 0.500. The molecule has 1 aromatic rings. The molecule has 0 bridgehead atoms. The van der Waals surface area contributed by atoms with Gasteiger partial charge in [-0.2, -0.15) is 5.10 Å². The molecule has 70 valence electrons. The molecule has 1 aromatic heterocycles. The largest absolute Gasteiger partial charge is 0.369 e. The molecule has 0 saturated carbocycles.